The van der Waals surface area contributed by atoms with E-state index in [1.165, 1.54) is 10.4 Å². The van der Waals surface area contributed by atoms with Crippen LogP contribution in [0.3, 0.4) is 0 Å². The minimum absolute atomic E-state index is 0.1000. The fraction of sp³-hybridized carbons (Fsp3) is 0.217. The fourth-order valence-electron chi connectivity index (χ4n) is 3.30. The van der Waals surface area contributed by atoms with Crippen LogP contribution < -0.4 is 10.5 Å². The largest absolute Gasteiger partial charge is 0.488 e. The molecule has 0 bridgehead atoms. The maximum absolute atomic E-state index is 12.4. The first-order valence-corrected chi connectivity index (χ1v) is 10.6. The second-order valence-corrected chi connectivity index (χ2v) is 7.96. The average Bonchev–Trinajstić information content (AvgIpc) is 3.26. The Kier molecular flexibility index (Phi) is 6.29. The van der Waals surface area contributed by atoms with Gasteiger partial charge in [0.2, 0.25) is 0 Å². The number of ether oxygens (including phenoxy) is 1. The number of hydrogen-bond acceptors (Lipinski definition) is 5. The molecule has 1 amide bonds. The first kappa shape index (κ1) is 20.0. The van der Waals surface area contributed by atoms with Crippen molar-refractivity contribution in [1.82, 2.24) is 4.90 Å². The molecule has 1 aromatic heterocycles. The Balaban J connectivity index is 1.34. The normalized spacial score (nSPS) is 13.6. The zero-order chi connectivity index (χ0) is 20.8. The summed E-state index contributed by atoms with van der Waals surface area (Å²) in [7, 11) is 0. The number of rotatable bonds is 7. The van der Waals surface area contributed by atoms with Gasteiger partial charge in [-0.25, -0.2) is 0 Å². The Morgan fingerprint density at radius 1 is 1.10 bits per heavy atom. The zero-order valence-electron chi connectivity index (χ0n) is 16.5. The number of carbonyl (C=O) groups excluding carboxylic acids is 1. The average molecular weight is 422 g/mol. The highest BCUT2D eigenvalue weighted by molar-refractivity contribution is 7.10. The van der Waals surface area contributed by atoms with Crippen molar-refractivity contribution in [2.45, 2.75) is 19.6 Å². The van der Waals surface area contributed by atoms with E-state index in [1.54, 1.807) is 16.2 Å². The molecule has 0 radical (unpaired) electrons. The summed E-state index contributed by atoms with van der Waals surface area (Å²) in [4.78, 5) is 20.9. The predicted molar refractivity (Wildman–Crippen MR) is 117 cm³/mol. The highest BCUT2D eigenvalue weighted by Crippen LogP contribution is 2.24. The Hall–Kier alpha value is -3.32. The Labute approximate surface area is 179 Å². The summed E-state index contributed by atoms with van der Waals surface area (Å²) in [6.45, 7) is 1.60. The van der Waals surface area contributed by atoms with Crippen molar-refractivity contribution in [3.63, 3.8) is 0 Å². The molecule has 4 rings (SSSR count). The first-order valence-electron chi connectivity index (χ1n) is 9.75. The number of nitrogens with two attached hydrogens (primary N) is 1. The summed E-state index contributed by atoms with van der Waals surface area (Å²) in [6, 6.07) is 19.3. The number of thiophene rings is 1. The van der Waals surface area contributed by atoms with Crippen LogP contribution in [0.15, 0.2) is 71.2 Å². The molecule has 0 saturated heterocycles. The summed E-state index contributed by atoms with van der Waals surface area (Å²) >= 11 is 1.74. The smallest absolute Gasteiger partial charge is 0.263 e. The van der Waals surface area contributed by atoms with Crippen molar-refractivity contribution in [2.24, 2.45) is 10.9 Å². The SMILES string of the molecule is N/C(=N/OCC(=O)N1CCc2sccc2C1)c1ccccc1OCc1ccccc1. The minimum Gasteiger partial charge on any atom is -0.488 e. The van der Waals surface area contributed by atoms with Crippen LogP contribution in [0.5, 0.6) is 5.75 Å². The molecule has 0 fully saturated rings. The van der Waals surface area contributed by atoms with Gasteiger partial charge < -0.3 is 20.2 Å². The topological polar surface area (TPSA) is 77.2 Å². The number of fused-ring (bicyclic) bond motifs is 1. The van der Waals surface area contributed by atoms with Crippen LogP contribution in [-0.2, 0) is 29.2 Å². The van der Waals surface area contributed by atoms with Crippen molar-refractivity contribution in [3.05, 3.63) is 87.6 Å². The van der Waals surface area contributed by atoms with Crippen LogP contribution >= 0.6 is 11.3 Å². The Morgan fingerprint density at radius 3 is 2.77 bits per heavy atom. The molecular weight excluding hydrogens is 398 g/mol. The van der Waals surface area contributed by atoms with Gasteiger partial charge in [0.25, 0.3) is 5.91 Å². The van der Waals surface area contributed by atoms with E-state index in [9.17, 15) is 4.79 Å². The van der Waals surface area contributed by atoms with Crippen molar-refractivity contribution < 1.29 is 14.4 Å². The van der Waals surface area contributed by atoms with Crippen LogP contribution in [0.25, 0.3) is 0 Å². The Morgan fingerprint density at radius 2 is 1.90 bits per heavy atom. The van der Waals surface area contributed by atoms with Gasteiger partial charge in [-0.3, -0.25) is 4.79 Å². The van der Waals surface area contributed by atoms with E-state index >= 15 is 0 Å². The van der Waals surface area contributed by atoms with E-state index in [-0.39, 0.29) is 18.3 Å². The van der Waals surface area contributed by atoms with Gasteiger partial charge in [0.1, 0.15) is 12.4 Å². The number of oxime groups is 1. The van der Waals surface area contributed by atoms with Gasteiger partial charge in [-0.2, -0.15) is 0 Å². The first-order chi connectivity index (χ1) is 14.7. The van der Waals surface area contributed by atoms with E-state index in [0.29, 0.717) is 31.0 Å². The molecule has 0 unspecified atom stereocenters. The molecule has 2 heterocycles. The third-order valence-electron chi connectivity index (χ3n) is 4.91. The van der Waals surface area contributed by atoms with Gasteiger partial charge in [-0.05, 0) is 41.1 Å². The summed E-state index contributed by atoms with van der Waals surface area (Å²) in [5.74, 6) is 0.681. The maximum Gasteiger partial charge on any atom is 0.263 e. The van der Waals surface area contributed by atoms with Gasteiger partial charge in [0.05, 0.1) is 5.56 Å². The molecule has 30 heavy (non-hydrogen) atoms. The number of benzene rings is 2. The van der Waals surface area contributed by atoms with Crippen LogP contribution in [0.2, 0.25) is 0 Å². The maximum atomic E-state index is 12.4. The van der Waals surface area contributed by atoms with E-state index in [0.717, 1.165) is 12.0 Å². The Bertz CT molecular complexity index is 1030. The van der Waals surface area contributed by atoms with E-state index in [4.69, 9.17) is 15.3 Å². The number of para-hydroxylation sites is 1. The fourth-order valence-corrected chi connectivity index (χ4v) is 4.19. The molecule has 3 aromatic rings. The highest BCUT2D eigenvalue weighted by atomic mass is 32.1. The van der Waals surface area contributed by atoms with Crippen LogP contribution in [0.1, 0.15) is 21.6 Å². The van der Waals surface area contributed by atoms with Crippen LogP contribution in [-0.4, -0.2) is 29.8 Å². The van der Waals surface area contributed by atoms with Gasteiger partial charge in [-0.1, -0.05) is 47.6 Å². The zero-order valence-corrected chi connectivity index (χ0v) is 17.3. The lowest BCUT2D eigenvalue weighted by Crippen LogP contribution is -2.37. The third kappa shape index (κ3) is 4.80. The molecule has 154 valence electrons. The molecule has 6 nitrogen and oxygen atoms in total. The molecule has 2 N–H and O–H groups in total. The molecule has 1 aliphatic rings. The molecule has 0 aliphatic carbocycles. The number of carbonyl (C=O) groups is 1. The predicted octanol–water partition coefficient (Wildman–Crippen LogP) is 3.55. The molecular formula is C23H23N3O3S. The van der Waals surface area contributed by atoms with Crippen molar-refractivity contribution >= 4 is 23.1 Å². The second-order valence-electron chi connectivity index (χ2n) is 6.95. The lowest BCUT2D eigenvalue weighted by molar-refractivity contribution is -0.137. The van der Waals surface area contributed by atoms with Crippen LogP contribution in [0, 0.1) is 0 Å². The van der Waals surface area contributed by atoms with Gasteiger partial charge in [0.15, 0.2) is 12.4 Å². The quantitative estimate of drug-likeness (QED) is 0.360. The summed E-state index contributed by atoms with van der Waals surface area (Å²) in [5.41, 5.74) is 9.00. The minimum atomic E-state index is -0.146. The number of nitrogens with zero attached hydrogens (tertiary/aromatic N) is 2. The van der Waals surface area contributed by atoms with Gasteiger partial charge >= 0.3 is 0 Å². The third-order valence-corrected chi connectivity index (χ3v) is 5.93. The number of amidine groups is 1. The summed E-state index contributed by atoms with van der Waals surface area (Å²) in [5, 5.41) is 6.02. The monoisotopic (exact) mass is 421 g/mol. The summed E-state index contributed by atoms with van der Waals surface area (Å²) < 4.78 is 5.90. The molecule has 0 saturated carbocycles. The molecule has 0 atom stereocenters. The van der Waals surface area contributed by atoms with E-state index in [1.807, 2.05) is 54.6 Å². The van der Waals surface area contributed by atoms with E-state index < -0.39 is 0 Å². The number of hydrogen-bond donors (Lipinski definition) is 1. The van der Waals surface area contributed by atoms with Crippen molar-refractivity contribution in [2.75, 3.05) is 13.2 Å². The van der Waals surface area contributed by atoms with Gasteiger partial charge in [0, 0.05) is 18.0 Å². The number of amides is 1. The van der Waals surface area contributed by atoms with Crippen molar-refractivity contribution in [3.8, 4) is 5.75 Å². The molecule has 0 spiro atoms. The van der Waals surface area contributed by atoms with Gasteiger partial charge in [-0.15, -0.1) is 11.3 Å². The lowest BCUT2D eigenvalue weighted by atomic mass is 10.1. The molecule has 2 aromatic carbocycles. The highest BCUT2D eigenvalue weighted by Gasteiger charge is 2.21. The molecule has 1 aliphatic heterocycles. The van der Waals surface area contributed by atoms with E-state index in [2.05, 4.69) is 16.6 Å². The lowest BCUT2D eigenvalue weighted by Gasteiger charge is -2.26. The van der Waals surface area contributed by atoms with Crippen LogP contribution in [0.4, 0.5) is 0 Å². The van der Waals surface area contributed by atoms with Crippen molar-refractivity contribution in [1.29, 1.82) is 0 Å². The summed E-state index contributed by atoms with van der Waals surface area (Å²) in [6.07, 6.45) is 0.885. The standard InChI is InChI=1S/C23H23N3O3S/c24-23(19-8-4-5-9-20(19)28-15-17-6-2-1-3-7-17)25-29-16-22(27)26-12-10-21-18(14-26)11-13-30-21/h1-9,11,13H,10,12,14-16H2,(H2,24,25). The second kappa shape index (κ2) is 9.45. The molecule has 7 heteroatoms.